The molecular weight excluding hydrogens is 321 g/mol. The van der Waals surface area contributed by atoms with E-state index in [0.29, 0.717) is 0 Å². The monoisotopic (exact) mass is 328 g/mol. The van der Waals surface area contributed by atoms with Crippen LogP contribution >= 0.6 is 0 Å². The van der Waals surface area contributed by atoms with Gasteiger partial charge in [-0.2, -0.15) is 0 Å². The van der Waals surface area contributed by atoms with Crippen molar-refractivity contribution < 1.29 is 54.0 Å². The van der Waals surface area contributed by atoms with Gasteiger partial charge in [0.2, 0.25) is 5.91 Å². The Bertz CT molecular complexity index is 106. The average Bonchev–Trinajstić information content (AvgIpc) is 1.68. The van der Waals surface area contributed by atoms with Gasteiger partial charge in [-0.1, -0.05) is 0 Å². The zero-order valence-electron chi connectivity index (χ0n) is 4.59. The van der Waals surface area contributed by atoms with Gasteiger partial charge in [-0.15, -0.1) is 0 Å². The third-order valence-electron chi connectivity index (χ3n) is 1.18. The number of β-lactam (4-membered cyclic amide) rings is 1. The molecule has 1 heterocycles. The number of carbonyl (C=O) groups excluding carboxylic acids is 1. The van der Waals surface area contributed by atoms with Crippen LogP contribution in [-0.2, 0) is 4.79 Å². The van der Waals surface area contributed by atoms with Crippen molar-refractivity contribution >= 4 is 5.91 Å². The van der Waals surface area contributed by atoms with Gasteiger partial charge in [-0.05, 0) is 6.92 Å². The summed E-state index contributed by atoms with van der Waals surface area (Å²) in [5.74, 6) is -0.257. The Morgan fingerprint density at radius 2 is 2.25 bits per heavy atom. The minimum Gasteiger partial charge on any atom is -0.373 e. The van der Waals surface area contributed by atoms with Gasteiger partial charge in [0.05, 0.1) is 5.92 Å². The van der Waals surface area contributed by atoms with Gasteiger partial charge in [-0.25, -0.2) is 0 Å². The minimum absolute atomic E-state index is 0. The maximum absolute atomic E-state index is 10.2. The zero-order valence-corrected chi connectivity index (χ0v) is 9.33. The molecule has 0 saturated carbocycles. The first kappa shape index (κ1) is 8.87. The average molecular weight is 328 g/mol. The second kappa shape index (κ2) is 3.14. The van der Waals surface area contributed by atoms with Crippen LogP contribution in [0.1, 0.15) is 6.92 Å². The smallest absolute Gasteiger partial charge is 0.229 e. The molecular formula is C4H7AcNO2. The molecule has 4 heteroatoms. The van der Waals surface area contributed by atoms with Gasteiger partial charge in [0, 0.05) is 44.1 Å². The first-order chi connectivity index (χ1) is 3.22. The van der Waals surface area contributed by atoms with Crippen LogP contribution < -0.4 is 5.32 Å². The minimum atomic E-state index is -0.590. The molecule has 0 bridgehead atoms. The molecule has 2 N–H and O–H groups in total. The Labute approximate surface area is 83.4 Å². The van der Waals surface area contributed by atoms with Crippen molar-refractivity contribution in [3.05, 3.63) is 0 Å². The van der Waals surface area contributed by atoms with Gasteiger partial charge >= 0.3 is 0 Å². The summed E-state index contributed by atoms with van der Waals surface area (Å²) in [6, 6.07) is 0. The second-order valence-electron chi connectivity index (χ2n) is 1.74. The van der Waals surface area contributed by atoms with Crippen LogP contribution in [0.15, 0.2) is 0 Å². The molecule has 2 unspecified atom stereocenters. The Hall–Kier alpha value is 0.872. The second-order valence-corrected chi connectivity index (χ2v) is 1.74. The maximum atomic E-state index is 10.2. The summed E-state index contributed by atoms with van der Waals surface area (Å²) in [5, 5.41) is 10.8. The van der Waals surface area contributed by atoms with Crippen LogP contribution in [0.5, 0.6) is 0 Å². The predicted molar refractivity (Wildman–Crippen MR) is 23.3 cm³/mol. The standard InChI is InChI=1S/C4H7NO2.Ac/c1-2-3(6)5-4(2)7;/h2-3,6H,1H3,(H,5,7);. The normalized spacial score (nSPS) is 34.5. The summed E-state index contributed by atoms with van der Waals surface area (Å²) in [6.07, 6.45) is -0.590. The quantitative estimate of drug-likeness (QED) is 0.565. The van der Waals surface area contributed by atoms with Crippen molar-refractivity contribution in [1.82, 2.24) is 5.32 Å². The van der Waals surface area contributed by atoms with Crippen molar-refractivity contribution in [2.45, 2.75) is 13.2 Å². The molecule has 1 amide bonds. The molecule has 2 atom stereocenters. The Balaban J connectivity index is 0.000000490. The van der Waals surface area contributed by atoms with E-state index < -0.39 is 6.23 Å². The van der Waals surface area contributed by atoms with Gasteiger partial charge in [-0.3, -0.25) is 4.79 Å². The topological polar surface area (TPSA) is 49.3 Å². The van der Waals surface area contributed by atoms with E-state index in [-0.39, 0.29) is 55.9 Å². The maximum Gasteiger partial charge on any atom is 0.229 e. The molecule has 0 aliphatic carbocycles. The molecule has 1 fully saturated rings. The van der Waals surface area contributed by atoms with E-state index in [1.807, 2.05) is 0 Å². The number of aliphatic hydroxyl groups is 1. The fourth-order valence-electron chi connectivity index (χ4n) is 0.449. The molecule has 8 heavy (non-hydrogen) atoms. The zero-order chi connectivity index (χ0) is 5.44. The molecule has 1 saturated heterocycles. The van der Waals surface area contributed by atoms with E-state index in [0.717, 1.165) is 0 Å². The van der Waals surface area contributed by atoms with E-state index >= 15 is 0 Å². The SMILES string of the molecule is CC1C(=O)NC1O.[Ac]. The molecule has 0 aromatic heterocycles. The van der Waals surface area contributed by atoms with Gasteiger partial charge < -0.3 is 10.4 Å². The first-order valence-electron chi connectivity index (χ1n) is 2.20. The molecule has 1 aliphatic rings. The van der Waals surface area contributed by atoms with E-state index in [9.17, 15) is 4.79 Å². The Kier molecular flexibility index (Phi) is 3.49. The number of rotatable bonds is 0. The third kappa shape index (κ3) is 1.43. The number of amides is 1. The van der Waals surface area contributed by atoms with Crippen LogP contribution in [-0.4, -0.2) is 17.2 Å². The molecule has 1 radical (unpaired) electrons. The fraction of sp³-hybridized carbons (Fsp3) is 0.750. The summed E-state index contributed by atoms with van der Waals surface area (Å²) >= 11 is 0. The van der Waals surface area contributed by atoms with Gasteiger partial charge in [0.25, 0.3) is 0 Å². The first-order valence-corrected chi connectivity index (χ1v) is 2.20. The number of hydrogen-bond acceptors (Lipinski definition) is 2. The van der Waals surface area contributed by atoms with E-state index in [4.69, 9.17) is 5.11 Å². The molecule has 1 aliphatic heterocycles. The molecule has 0 spiro atoms. The molecule has 0 aromatic carbocycles. The summed E-state index contributed by atoms with van der Waals surface area (Å²) in [7, 11) is 0. The fourth-order valence-corrected chi connectivity index (χ4v) is 0.449. The third-order valence-corrected chi connectivity index (χ3v) is 1.18. The summed E-state index contributed by atoms with van der Waals surface area (Å²) in [6.45, 7) is 1.68. The van der Waals surface area contributed by atoms with Crippen molar-refractivity contribution in [3.8, 4) is 0 Å². The molecule has 1 rings (SSSR count). The van der Waals surface area contributed by atoms with Crippen LogP contribution in [0, 0.1) is 50.0 Å². The van der Waals surface area contributed by atoms with Crippen LogP contribution in [0.25, 0.3) is 0 Å². The van der Waals surface area contributed by atoms with Gasteiger partial charge in [0.1, 0.15) is 6.23 Å². The molecule has 43 valence electrons. The summed E-state index contributed by atoms with van der Waals surface area (Å²) < 4.78 is 0. The van der Waals surface area contributed by atoms with Crippen LogP contribution in [0.4, 0.5) is 0 Å². The predicted octanol–water partition coefficient (Wildman–Crippen LogP) is -0.929. The van der Waals surface area contributed by atoms with Crippen LogP contribution in [0.3, 0.4) is 0 Å². The number of nitrogens with one attached hydrogen (secondary N) is 1. The van der Waals surface area contributed by atoms with Crippen molar-refractivity contribution in [1.29, 1.82) is 0 Å². The van der Waals surface area contributed by atoms with E-state index in [1.54, 1.807) is 6.92 Å². The Morgan fingerprint density at radius 3 is 2.25 bits per heavy atom. The van der Waals surface area contributed by atoms with Crippen molar-refractivity contribution in [3.63, 3.8) is 0 Å². The van der Waals surface area contributed by atoms with Gasteiger partial charge in [0.15, 0.2) is 0 Å². The van der Waals surface area contributed by atoms with E-state index in [2.05, 4.69) is 5.32 Å². The van der Waals surface area contributed by atoms with E-state index in [1.165, 1.54) is 0 Å². The van der Waals surface area contributed by atoms with Crippen molar-refractivity contribution in [2.24, 2.45) is 5.92 Å². The Morgan fingerprint density at radius 1 is 1.75 bits per heavy atom. The number of hydrogen-bond donors (Lipinski definition) is 2. The largest absolute Gasteiger partial charge is 0.373 e. The summed E-state index contributed by atoms with van der Waals surface area (Å²) in [4.78, 5) is 10.2. The molecule has 0 aromatic rings. The number of aliphatic hydroxyl groups excluding tert-OH is 1. The summed E-state index contributed by atoms with van der Waals surface area (Å²) in [5.41, 5.74) is 0. The van der Waals surface area contributed by atoms with Crippen LogP contribution in [0.2, 0.25) is 0 Å². The van der Waals surface area contributed by atoms with Crippen molar-refractivity contribution in [2.75, 3.05) is 0 Å². The molecule has 3 nitrogen and oxygen atoms in total. The number of carbonyl (C=O) groups is 1.